The molecule has 2 aromatic rings. The molecule has 0 spiro atoms. The summed E-state index contributed by atoms with van der Waals surface area (Å²) in [5, 5.41) is 5.34. The lowest BCUT2D eigenvalue weighted by atomic mass is 10.2. The summed E-state index contributed by atoms with van der Waals surface area (Å²) >= 11 is 23.4. The standard InChI is InChI=1S/C16H11Cl4F3N2O/c17-11-5-1-3-9(7-11)13(26)25-14(15(18,19)20)24-12-6-2-4-10(8-12)16(21,22)23/h1-8,14,24H,(H,25,26). The number of benzene rings is 2. The van der Waals surface area contributed by atoms with Crippen molar-refractivity contribution >= 4 is 58.0 Å². The van der Waals surface area contributed by atoms with Crippen LogP contribution in [-0.4, -0.2) is 15.9 Å². The highest BCUT2D eigenvalue weighted by molar-refractivity contribution is 6.68. The van der Waals surface area contributed by atoms with Gasteiger partial charge in [0.15, 0.2) is 0 Å². The van der Waals surface area contributed by atoms with Crippen LogP contribution in [-0.2, 0) is 6.18 Å². The fourth-order valence-corrected chi connectivity index (χ4v) is 2.51. The maximum Gasteiger partial charge on any atom is 0.416 e. The van der Waals surface area contributed by atoms with Gasteiger partial charge in [-0.15, -0.1) is 0 Å². The number of alkyl halides is 6. The van der Waals surface area contributed by atoms with Crippen LogP contribution in [0.2, 0.25) is 5.02 Å². The molecule has 0 aliphatic carbocycles. The van der Waals surface area contributed by atoms with Gasteiger partial charge >= 0.3 is 6.18 Å². The molecule has 2 aromatic carbocycles. The second kappa shape index (κ2) is 8.13. The number of nitrogens with one attached hydrogen (secondary N) is 2. The molecule has 0 heterocycles. The zero-order chi connectivity index (χ0) is 19.5. The van der Waals surface area contributed by atoms with Crippen LogP contribution < -0.4 is 10.6 Å². The van der Waals surface area contributed by atoms with Crippen molar-refractivity contribution in [3.63, 3.8) is 0 Å². The van der Waals surface area contributed by atoms with E-state index >= 15 is 0 Å². The van der Waals surface area contributed by atoms with Crippen LogP contribution >= 0.6 is 46.4 Å². The summed E-state index contributed by atoms with van der Waals surface area (Å²) in [6.45, 7) is 0. The number of hydrogen-bond acceptors (Lipinski definition) is 2. The third-order valence-electron chi connectivity index (χ3n) is 3.19. The van der Waals surface area contributed by atoms with Crippen LogP contribution in [0, 0.1) is 0 Å². The predicted molar refractivity (Wildman–Crippen MR) is 98.1 cm³/mol. The van der Waals surface area contributed by atoms with E-state index in [1.54, 1.807) is 12.1 Å². The van der Waals surface area contributed by atoms with Gasteiger partial charge < -0.3 is 10.6 Å². The maximum atomic E-state index is 12.8. The molecule has 0 aromatic heterocycles. The summed E-state index contributed by atoms with van der Waals surface area (Å²) in [5.74, 6) is -0.622. The van der Waals surface area contributed by atoms with Crippen molar-refractivity contribution < 1.29 is 18.0 Å². The van der Waals surface area contributed by atoms with Crippen LogP contribution in [0.25, 0.3) is 0 Å². The minimum atomic E-state index is -4.53. The molecule has 26 heavy (non-hydrogen) atoms. The Labute approximate surface area is 167 Å². The summed E-state index contributed by atoms with van der Waals surface area (Å²) in [5.41, 5.74) is -0.670. The molecule has 2 N–H and O–H groups in total. The Morgan fingerprint density at radius 1 is 1.00 bits per heavy atom. The van der Waals surface area contributed by atoms with Crippen molar-refractivity contribution in [3.8, 4) is 0 Å². The van der Waals surface area contributed by atoms with Gasteiger partial charge in [0, 0.05) is 16.3 Å². The molecule has 1 atom stereocenters. The van der Waals surface area contributed by atoms with E-state index in [-0.39, 0.29) is 11.3 Å². The zero-order valence-electron chi connectivity index (χ0n) is 12.8. The van der Waals surface area contributed by atoms with Crippen molar-refractivity contribution in [2.75, 3.05) is 5.32 Å². The summed E-state index contributed by atoms with van der Waals surface area (Å²) in [7, 11) is 0. The van der Waals surface area contributed by atoms with E-state index in [1.165, 1.54) is 24.3 Å². The van der Waals surface area contributed by atoms with E-state index in [9.17, 15) is 18.0 Å². The largest absolute Gasteiger partial charge is 0.416 e. The number of anilines is 1. The Kier molecular flexibility index (Phi) is 6.55. The summed E-state index contributed by atoms with van der Waals surface area (Å²) in [6, 6.07) is 10.3. The molecule has 1 amide bonds. The van der Waals surface area contributed by atoms with Gasteiger partial charge in [0.2, 0.25) is 3.79 Å². The fourth-order valence-electron chi connectivity index (χ4n) is 2.00. The minimum absolute atomic E-state index is 0.0162. The Bertz CT molecular complexity index is 794. The Balaban J connectivity index is 2.22. The Morgan fingerprint density at radius 3 is 2.23 bits per heavy atom. The second-order valence-corrected chi connectivity index (χ2v) is 7.99. The van der Waals surface area contributed by atoms with Gasteiger partial charge in [0.25, 0.3) is 5.91 Å². The Hall–Kier alpha value is -1.34. The van der Waals surface area contributed by atoms with Crippen LogP contribution in [0.3, 0.4) is 0 Å². The van der Waals surface area contributed by atoms with Crippen LogP contribution in [0.15, 0.2) is 48.5 Å². The molecule has 0 fully saturated rings. The zero-order valence-corrected chi connectivity index (χ0v) is 15.8. The molecule has 0 aliphatic heterocycles. The smallest absolute Gasteiger partial charge is 0.362 e. The number of amides is 1. The highest BCUT2D eigenvalue weighted by Crippen LogP contribution is 2.34. The predicted octanol–water partition coefficient (Wildman–Crippen LogP) is 5.90. The quantitative estimate of drug-likeness (QED) is 0.454. The molecule has 0 radical (unpaired) electrons. The summed E-state index contributed by atoms with van der Waals surface area (Å²) in [4.78, 5) is 12.3. The number of carbonyl (C=O) groups is 1. The second-order valence-electron chi connectivity index (χ2n) is 5.18. The lowest BCUT2D eigenvalue weighted by Crippen LogP contribution is -2.49. The van der Waals surface area contributed by atoms with E-state index in [4.69, 9.17) is 46.4 Å². The van der Waals surface area contributed by atoms with Crippen molar-refractivity contribution in [3.05, 3.63) is 64.7 Å². The molecule has 3 nitrogen and oxygen atoms in total. The molecule has 1 unspecified atom stereocenters. The molecule has 0 aliphatic rings. The number of carbonyl (C=O) groups excluding carboxylic acids is 1. The lowest BCUT2D eigenvalue weighted by Gasteiger charge is -2.27. The third kappa shape index (κ3) is 5.84. The first-order valence-corrected chi connectivity index (χ1v) is 8.55. The molecule has 10 heteroatoms. The molecular formula is C16H11Cl4F3N2O. The fraction of sp³-hybridized carbons (Fsp3) is 0.188. The normalized spacial score (nSPS) is 13.2. The molecule has 0 saturated heterocycles. The average Bonchev–Trinajstić information content (AvgIpc) is 2.53. The van der Waals surface area contributed by atoms with Gasteiger partial charge in [-0.1, -0.05) is 58.5 Å². The van der Waals surface area contributed by atoms with Crippen LogP contribution in [0.1, 0.15) is 15.9 Å². The molecule has 2 rings (SSSR count). The Morgan fingerprint density at radius 2 is 1.65 bits per heavy atom. The first kappa shape index (κ1) is 21.0. The van der Waals surface area contributed by atoms with E-state index in [1.807, 2.05) is 0 Å². The van der Waals surface area contributed by atoms with Crippen molar-refractivity contribution in [2.45, 2.75) is 16.1 Å². The number of hydrogen-bond donors (Lipinski definition) is 2. The van der Waals surface area contributed by atoms with Crippen molar-refractivity contribution in [1.82, 2.24) is 5.32 Å². The highest BCUT2D eigenvalue weighted by atomic mass is 35.6. The molecule has 140 valence electrons. The molecule has 0 saturated carbocycles. The average molecular weight is 446 g/mol. The van der Waals surface area contributed by atoms with Gasteiger partial charge in [0.05, 0.1) is 5.56 Å². The van der Waals surface area contributed by atoms with Crippen LogP contribution in [0.5, 0.6) is 0 Å². The SMILES string of the molecule is O=C(NC(Nc1cccc(C(F)(F)F)c1)C(Cl)(Cl)Cl)c1cccc(Cl)c1. The van der Waals surface area contributed by atoms with Gasteiger partial charge in [0.1, 0.15) is 6.17 Å². The topological polar surface area (TPSA) is 41.1 Å². The van der Waals surface area contributed by atoms with E-state index in [0.29, 0.717) is 5.02 Å². The molecule has 0 bridgehead atoms. The molecular weight excluding hydrogens is 435 g/mol. The first-order valence-electron chi connectivity index (χ1n) is 7.04. The van der Waals surface area contributed by atoms with E-state index < -0.39 is 27.6 Å². The van der Waals surface area contributed by atoms with E-state index in [0.717, 1.165) is 12.1 Å². The number of halogens is 7. The van der Waals surface area contributed by atoms with Gasteiger partial charge in [-0.2, -0.15) is 13.2 Å². The monoisotopic (exact) mass is 444 g/mol. The van der Waals surface area contributed by atoms with E-state index in [2.05, 4.69) is 10.6 Å². The first-order chi connectivity index (χ1) is 12.0. The van der Waals surface area contributed by atoms with Gasteiger partial charge in [-0.3, -0.25) is 4.79 Å². The highest BCUT2D eigenvalue weighted by Gasteiger charge is 2.35. The van der Waals surface area contributed by atoms with Gasteiger partial charge in [-0.25, -0.2) is 0 Å². The number of rotatable bonds is 4. The maximum absolute atomic E-state index is 12.8. The van der Waals surface area contributed by atoms with Crippen molar-refractivity contribution in [2.24, 2.45) is 0 Å². The summed E-state index contributed by atoms with van der Waals surface area (Å²) < 4.78 is 36.4. The van der Waals surface area contributed by atoms with Gasteiger partial charge in [-0.05, 0) is 36.4 Å². The van der Waals surface area contributed by atoms with Crippen molar-refractivity contribution in [1.29, 1.82) is 0 Å². The van der Waals surface area contributed by atoms with Crippen LogP contribution in [0.4, 0.5) is 18.9 Å². The minimum Gasteiger partial charge on any atom is -0.362 e. The third-order valence-corrected chi connectivity index (χ3v) is 4.08. The summed E-state index contributed by atoms with van der Waals surface area (Å²) in [6.07, 6.45) is -5.83. The lowest BCUT2D eigenvalue weighted by molar-refractivity contribution is -0.137.